The molecule has 3 heteroatoms. The highest BCUT2D eigenvalue weighted by Gasteiger charge is 2.36. The first-order chi connectivity index (χ1) is 9.11. The number of nitrogens with zero attached hydrogens (tertiary/aromatic N) is 1. The first kappa shape index (κ1) is 13.4. The molecule has 1 amide bonds. The van der Waals surface area contributed by atoms with Gasteiger partial charge in [-0.05, 0) is 49.9 Å². The summed E-state index contributed by atoms with van der Waals surface area (Å²) in [5.74, 6) is 2.51. The molecule has 3 atom stereocenters. The maximum absolute atomic E-state index is 12.4. The Balaban J connectivity index is 1.49. The van der Waals surface area contributed by atoms with E-state index in [1.807, 2.05) is 0 Å². The molecule has 0 aromatic rings. The zero-order chi connectivity index (χ0) is 13.4. The van der Waals surface area contributed by atoms with Gasteiger partial charge in [-0.15, -0.1) is 0 Å². The summed E-state index contributed by atoms with van der Waals surface area (Å²) in [5, 5.41) is 3.66. The Morgan fingerprint density at radius 2 is 1.89 bits per heavy atom. The number of rotatable bonds is 3. The molecule has 3 unspecified atom stereocenters. The van der Waals surface area contributed by atoms with E-state index in [-0.39, 0.29) is 0 Å². The van der Waals surface area contributed by atoms with Crippen LogP contribution in [0.4, 0.5) is 0 Å². The molecule has 3 fully saturated rings. The molecule has 0 aromatic heterocycles. The van der Waals surface area contributed by atoms with Gasteiger partial charge in [0.1, 0.15) is 0 Å². The van der Waals surface area contributed by atoms with Crippen molar-refractivity contribution in [3.8, 4) is 0 Å². The molecular formula is C16H28N2O. The fraction of sp³-hybridized carbons (Fsp3) is 0.938. The Labute approximate surface area is 117 Å². The Kier molecular flexibility index (Phi) is 3.84. The number of hydrogen-bond acceptors (Lipinski definition) is 2. The summed E-state index contributed by atoms with van der Waals surface area (Å²) in [5.41, 5.74) is 0. The average Bonchev–Trinajstić information content (AvgIpc) is 2.96. The number of amides is 1. The SMILES string of the molecule is CC(C)C1CCN(C(=O)CC2CC3CCC(C2)N3)C1. The Hall–Kier alpha value is -0.570. The standard InChI is InChI=1S/C16H28N2O/c1-11(2)13-5-6-18(10-13)16(19)9-12-7-14-3-4-15(8-12)17-14/h11-15,17H,3-10H2,1-2H3. The highest BCUT2D eigenvalue weighted by Crippen LogP contribution is 2.33. The van der Waals surface area contributed by atoms with E-state index in [0.29, 0.717) is 29.8 Å². The molecule has 3 saturated heterocycles. The van der Waals surface area contributed by atoms with Crippen molar-refractivity contribution in [1.82, 2.24) is 10.2 Å². The molecule has 0 aliphatic carbocycles. The topological polar surface area (TPSA) is 32.3 Å². The lowest BCUT2D eigenvalue weighted by atomic mass is 9.89. The van der Waals surface area contributed by atoms with Gasteiger partial charge in [0.2, 0.25) is 5.91 Å². The van der Waals surface area contributed by atoms with Crippen LogP contribution in [-0.2, 0) is 4.79 Å². The van der Waals surface area contributed by atoms with Gasteiger partial charge in [0, 0.05) is 31.6 Å². The first-order valence-corrected chi connectivity index (χ1v) is 8.15. The summed E-state index contributed by atoms with van der Waals surface area (Å²) < 4.78 is 0. The number of fused-ring (bicyclic) bond motifs is 2. The zero-order valence-corrected chi connectivity index (χ0v) is 12.4. The van der Waals surface area contributed by atoms with Crippen LogP contribution in [-0.4, -0.2) is 36.0 Å². The predicted molar refractivity (Wildman–Crippen MR) is 76.8 cm³/mol. The Bertz CT molecular complexity index is 330. The van der Waals surface area contributed by atoms with Crippen LogP contribution in [0, 0.1) is 17.8 Å². The van der Waals surface area contributed by atoms with Gasteiger partial charge in [-0.25, -0.2) is 0 Å². The number of carbonyl (C=O) groups is 1. The van der Waals surface area contributed by atoms with Gasteiger partial charge in [-0.1, -0.05) is 13.8 Å². The van der Waals surface area contributed by atoms with E-state index in [4.69, 9.17) is 0 Å². The van der Waals surface area contributed by atoms with E-state index in [1.165, 1.54) is 32.1 Å². The largest absolute Gasteiger partial charge is 0.342 e. The summed E-state index contributed by atoms with van der Waals surface area (Å²) in [6.45, 7) is 6.57. The second-order valence-electron chi connectivity index (χ2n) is 7.31. The Morgan fingerprint density at radius 1 is 1.21 bits per heavy atom. The quantitative estimate of drug-likeness (QED) is 0.849. The molecule has 19 heavy (non-hydrogen) atoms. The minimum Gasteiger partial charge on any atom is -0.342 e. The average molecular weight is 264 g/mol. The number of likely N-dealkylation sites (tertiary alicyclic amines) is 1. The zero-order valence-electron chi connectivity index (χ0n) is 12.4. The van der Waals surface area contributed by atoms with Crippen LogP contribution in [0.15, 0.2) is 0 Å². The van der Waals surface area contributed by atoms with Gasteiger partial charge in [-0.2, -0.15) is 0 Å². The van der Waals surface area contributed by atoms with Crippen LogP contribution >= 0.6 is 0 Å². The van der Waals surface area contributed by atoms with E-state index in [1.54, 1.807) is 0 Å². The molecule has 0 saturated carbocycles. The number of hydrogen-bond donors (Lipinski definition) is 1. The van der Waals surface area contributed by atoms with Gasteiger partial charge in [0.05, 0.1) is 0 Å². The summed E-state index contributed by atoms with van der Waals surface area (Å²) in [4.78, 5) is 14.6. The summed E-state index contributed by atoms with van der Waals surface area (Å²) in [6.07, 6.45) is 7.12. The van der Waals surface area contributed by atoms with Crippen molar-refractivity contribution < 1.29 is 4.79 Å². The monoisotopic (exact) mass is 264 g/mol. The van der Waals surface area contributed by atoms with Crippen LogP contribution in [0.3, 0.4) is 0 Å². The van der Waals surface area contributed by atoms with E-state index in [9.17, 15) is 4.79 Å². The molecule has 3 aliphatic rings. The smallest absolute Gasteiger partial charge is 0.222 e. The molecular weight excluding hydrogens is 236 g/mol. The third-order valence-electron chi connectivity index (χ3n) is 5.55. The minimum absolute atomic E-state index is 0.425. The normalized spacial score (nSPS) is 38.2. The maximum Gasteiger partial charge on any atom is 0.222 e. The fourth-order valence-electron chi connectivity index (χ4n) is 4.28. The molecule has 0 spiro atoms. The van der Waals surface area contributed by atoms with Gasteiger partial charge in [0.25, 0.3) is 0 Å². The third-order valence-corrected chi connectivity index (χ3v) is 5.55. The van der Waals surface area contributed by atoms with Gasteiger partial charge in [-0.3, -0.25) is 4.79 Å². The van der Waals surface area contributed by atoms with Gasteiger partial charge >= 0.3 is 0 Å². The molecule has 3 aliphatic heterocycles. The molecule has 0 radical (unpaired) electrons. The lowest BCUT2D eigenvalue weighted by Crippen LogP contribution is -2.40. The lowest BCUT2D eigenvalue weighted by Gasteiger charge is -2.30. The van der Waals surface area contributed by atoms with E-state index in [0.717, 1.165) is 25.4 Å². The van der Waals surface area contributed by atoms with E-state index >= 15 is 0 Å². The number of piperidine rings is 1. The number of carbonyl (C=O) groups excluding carboxylic acids is 1. The fourth-order valence-corrected chi connectivity index (χ4v) is 4.28. The second-order valence-corrected chi connectivity index (χ2v) is 7.31. The molecule has 3 heterocycles. The highest BCUT2D eigenvalue weighted by atomic mass is 16.2. The molecule has 108 valence electrons. The summed E-state index contributed by atoms with van der Waals surface area (Å²) in [7, 11) is 0. The van der Waals surface area contributed by atoms with Crippen molar-refractivity contribution in [1.29, 1.82) is 0 Å². The molecule has 1 N–H and O–H groups in total. The molecule has 3 nitrogen and oxygen atoms in total. The van der Waals surface area contributed by atoms with Crippen molar-refractivity contribution in [3.63, 3.8) is 0 Å². The van der Waals surface area contributed by atoms with E-state index in [2.05, 4.69) is 24.1 Å². The summed E-state index contributed by atoms with van der Waals surface area (Å²) in [6, 6.07) is 1.41. The van der Waals surface area contributed by atoms with Crippen LogP contribution in [0.2, 0.25) is 0 Å². The maximum atomic E-state index is 12.4. The van der Waals surface area contributed by atoms with E-state index < -0.39 is 0 Å². The first-order valence-electron chi connectivity index (χ1n) is 8.15. The number of nitrogens with one attached hydrogen (secondary N) is 1. The minimum atomic E-state index is 0.425. The molecule has 2 bridgehead atoms. The second kappa shape index (κ2) is 5.43. The molecule has 3 rings (SSSR count). The third kappa shape index (κ3) is 2.96. The van der Waals surface area contributed by atoms with Crippen LogP contribution in [0.5, 0.6) is 0 Å². The van der Waals surface area contributed by atoms with Crippen LogP contribution in [0.25, 0.3) is 0 Å². The highest BCUT2D eigenvalue weighted by molar-refractivity contribution is 5.76. The van der Waals surface area contributed by atoms with Crippen molar-refractivity contribution in [2.24, 2.45) is 17.8 Å². The van der Waals surface area contributed by atoms with Crippen molar-refractivity contribution >= 4 is 5.91 Å². The van der Waals surface area contributed by atoms with Crippen LogP contribution < -0.4 is 5.32 Å². The van der Waals surface area contributed by atoms with Crippen molar-refractivity contribution in [2.45, 2.75) is 64.5 Å². The van der Waals surface area contributed by atoms with Crippen molar-refractivity contribution in [3.05, 3.63) is 0 Å². The lowest BCUT2D eigenvalue weighted by molar-refractivity contribution is -0.131. The van der Waals surface area contributed by atoms with Gasteiger partial charge < -0.3 is 10.2 Å². The van der Waals surface area contributed by atoms with Gasteiger partial charge in [0.15, 0.2) is 0 Å². The van der Waals surface area contributed by atoms with Crippen molar-refractivity contribution in [2.75, 3.05) is 13.1 Å². The van der Waals surface area contributed by atoms with Crippen LogP contribution in [0.1, 0.15) is 52.4 Å². The predicted octanol–water partition coefficient (Wildman–Crippen LogP) is 2.41. The molecule has 0 aromatic carbocycles. The summed E-state index contributed by atoms with van der Waals surface area (Å²) >= 11 is 0. The Morgan fingerprint density at radius 3 is 2.47 bits per heavy atom.